The number of anilines is 1. The van der Waals surface area contributed by atoms with E-state index in [1.165, 1.54) is 25.7 Å². The zero-order valence-electron chi connectivity index (χ0n) is 15.3. The fourth-order valence-electron chi connectivity index (χ4n) is 4.44. The second-order valence-electron chi connectivity index (χ2n) is 7.55. The Balaban J connectivity index is 1.35. The van der Waals surface area contributed by atoms with E-state index < -0.39 is 0 Å². The number of aromatic nitrogens is 4. The molecule has 2 bridgehead atoms. The number of amides is 1. The van der Waals surface area contributed by atoms with Gasteiger partial charge in [-0.15, -0.1) is 0 Å². The molecule has 1 aromatic carbocycles. The molecule has 0 spiro atoms. The molecular weight excluding hydrogens is 340 g/mol. The molecule has 3 aromatic rings. The number of rotatable bonds is 4. The fraction of sp³-hybridized carbons (Fsp3) is 0.400. The van der Waals surface area contributed by atoms with Gasteiger partial charge in [-0.3, -0.25) is 19.7 Å². The summed E-state index contributed by atoms with van der Waals surface area (Å²) in [5, 5.41) is 8.04. The summed E-state index contributed by atoms with van der Waals surface area (Å²) in [6.45, 7) is 0.437. The van der Waals surface area contributed by atoms with E-state index in [4.69, 9.17) is 0 Å². The Morgan fingerprint density at radius 3 is 2.63 bits per heavy atom. The number of nitrogens with zero attached hydrogens (tertiary/aromatic N) is 5. The summed E-state index contributed by atoms with van der Waals surface area (Å²) in [5.41, 5.74) is 2.89. The van der Waals surface area contributed by atoms with Crippen LogP contribution < -0.4 is 5.32 Å². The third kappa shape index (κ3) is 3.08. The zero-order valence-corrected chi connectivity index (χ0v) is 15.3. The van der Waals surface area contributed by atoms with Crippen molar-refractivity contribution in [3.05, 3.63) is 36.8 Å². The molecule has 0 radical (unpaired) electrons. The molecule has 0 saturated carbocycles. The molecule has 0 unspecified atom stereocenters. The van der Waals surface area contributed by atoms with Crippen molar-refractivity contribution in [2.45, 2.75) is 37.8 Å². The molecule has 1 N–H and O–H groups in total. The van der Waals surface area contributed by atoms with Crippen LogP contribution in [0.2, 0.25) is 0 Å². The van der Waals surface area contributed by atoms with E-state index in [9.17, 15) is 4.79 Å². The van der Waals surface area contributed by atoms with Crippen molar-refractivity contribution in [3.63, 3.8) is 0 Å². The van der Waals surface area contributed by atoms with Gasteiger partial charge >= 0.3 is 0 Å². The lowest BCUT2D eigenvalue weighted by atomic mass is 10.0. The summed E-state index contributed by atoms with van der Waals surface area (Å²) in [6, 6.07) is 7.19. The standard InChI is InChI=1S/C20H22N6O/c1-25-11-15(10-22-25)13-2-3-14-9-21-20(23-18(14)8-13)24-19(27)12-26-16-4-5-17(26)7-6-16/h2-3,8-11,16-17H,4-7,12H2,1H3,(H,21,23,24,27). The van der Waals surface area contributed by atoms with Crippen molar-refractivity contribution in [2.75, 3.05) is 11.9 Å². The number of aryl methyl sites for hydroxylation is 1. The first-order chi connectivity index (χ1) is 13.2. The Kier molecular flexibility index (Phi) is 3.89. The van der Waals surface area contributed by atoms with Crippen LogP contribution in [0.25, 0.3) is 22.0 Å². The van der Waals surface area contributed by atoms with Crippen LogP contribution in [-0.4, -0.2) is 49.2 Å². The van der Waals surface area contributed by atoms with Crippen molar-refractivity contribution < 1.29 is 4.79 Å². The lowest BCUT2D eigenvalue weighted by Gasteiger charge is -2.20. The van der Waals surface area contributed by atoms with Gasteiger partial charge in [0.1, 0.15) is 0 Å². The maximum atomic E-state index is 12.5. The first-order valence-corrected chi connectivity index (χ1v) is 9.47. The van der Waals surface area contributed by atoms with Crippen LogP contribution >= 0.6 is 0 Å². The Morgan fingerprint density at radius 1 is 1.15 bits per heavy atom. The second kappa shape index (κ2) is 6.42. The normalized spacial score (nSPS) is 21.8. The minimum absolute atomic E-state index is 0.0310. The van der Waals surface area contributed by atoms with Gasteiger partial charge < -0.3 is 0 Å². The van der Waals surface area contributed by atoms with Crippen LogP contribution in [0.15, 0.2) is 36.8 Å². The third-order valence-electron chi connectivity index (χ3n) is 5.80. The van der Waals surface area contributed by atoms with Crippen molar-refractivity contribution in [1.82, 2.24) is 24.6 Å². The third-order valence-corrected chi connectivity index (χ3v) is 5.80. The lowest BCUT2D eigenvalue weighted by molar-refractivity contribution is -0.117. The quantitative estimate of drug-likeness (QED) is 0.772. The monoisotopic (exact) mass is 362 g/mol. The van der Waals surface area contributed by atoms with E-state index in [0.717, 1.165) is 22.0 Å². The Bertz CT molecular complexity index is 993. The van der Waals surface area contributed by atoms with Gasteiger partial charge in [0.15, 0.2) is 0 Å². The highest BCUT2D eigenvalue weighted by molar-refractivity contribution is 5.92. The average molecular weight is 362 g/mol. The maximum absolute atomic E-state index is 12.5. The molecule has 2 aromatic heterocycles. The minimum Gasteiger partial charge on any atom is -0.293 e. The Morgan fingerprint density at radius 2 is 1.93 bits per heavy atom. The highest BCUT2D eigenvalue weighted by atomic mass is 16.2. The molecular formula is C20H22N6O. The van der Waals surface area contributed by atoms with E-state index in [2.05, 4.69) is 25.3 Å². The van der Waals surface area contributed by atoms with E-state index in [-0.39, 0.29) is 5.91 Å². The first kappa shape index (κ1) is 16.4. The summed E-state index contributed by atoms with van der Waals surface area (Å²) < 4.78 is 1.77. The van der Waals surface area contributed by atoms with E-state index in [1.54, 1.807) is 10.9 Å². The highest BCUT2D eigenvalue weighted by Crippen LogP contribution is 2.36. The van der Waals surface area contributed by atoms with Crippen molar-refractivity contribution in [2.24, 2.45) is 7.05 Å². The van der Waals surface area contributed by atoms with Crippen molar-refractivity contribution >= 4 is 22.8 Å². The predicted molar refractivity (Wildman–Crippen MR) is 103 cm³/mol. The number of benzene rings is 1. The predicted octanol–water partition coefficient (Wildman–Crippen LogP) is 2.60. The van der Waals surface area contributed by atoms with E-state index in [1.807, 2.05) is 37.6 Å². The topological polar surface area (TPSA) is 75.9 Å². The number of hydrogen-bond donors (Lipinski definition) is 1. The number of fused-ring (bicyclic) bond motifs is 3. The molecule has 0 aliphatic carbocycles. The molecule has 7 nitrogen and oxygen atoms in total. The van der Waals surface area contributed by atoms with Crippen molar-refractivity contribution in [1.29, 1.82) is 0 Å². The SMILES string of the molecule is Cn1cc(-c2ccc3cnc(NC(=O)CN4C5CCC4CC5)nc3c2)cn1. The number of carbonyl (C=O) groups excluding carboxylic acids is 1. The number of hydrogen-bond acceptors (Lipinski definition) is 5. The molecule has 138 valence electrons. The van der Waals surface area contributed by atoms with E-state index in [0.29, 0.717) is 24.6 Å². The molecule has 2 aliphatic rings. The van der Waals surface area contributed by atoms with Crippen LogP contribution in [-0.2, 0) is 11.8 Å². The lowest BCUT2D eigenvalue weighted by Crippen LogP contribution is -2.36. The molecule has 1 amide bonds. The second-order valence-corrected chi connectivity index (χ2v) is 7.55. The van der Waals surface area contributed by atoms with Gasteiger partial charge in [-0.2, -0.15) is 5.10 Å². The number of carbonyl (C=O) groups is 1. The Labute approximate surface area is 157 Å². The summed E-state index contributed by atoms with van der Waals surface area (Å²) in [6.07, 6.45) is 10.4. The summed E-state index contributed by atoms with van der Waals surface area (Å²) in [5.74, 6) is 0.332. The van der Waals surface area contributed by atoms with Gasteiger partial charge in [-0.1, -0.05) is 12.1 Å². The van der Waals surface area contributed by atoms with Gasteiger partial charge in [0.25, 0.3) is 0 Å². The smallest absolute Gasteiger partial charge is 0.240 e. The van der Waals surface area contributed by atoms with Gasteiger partial charge in [0, 0.05) is 42.5 Å². The summed E-state index contributed by atoms with van der Waals surface area (Å²) >= 11 is 0. The van der Waals surface area contributed by atoms with Gasteiger partial charge in [-0.05, 0) is 37.3 Å². The Hall–Kier alpha value is -2.80. The number of nitrogens with one attached hydrogen (secondary N) is 1. The van der Waals surface area contributed by atoms with Crippen LogP contribution in [0.3, 0.4) is 0 Å². The summed E-state index contributed by atoms with van der Waals surface area (Å²) in [4.78, 5) is 23.7. The first-order valence-electron chi connectivity index (χ1n) is 9.47. The average Bonchev–Trinajstić information content (AvgIpc) is 3.37. The zero-order chi connectivity index (χ0) is 18.4. The molecule has 27 heavy (non-hydrogen) atoms. The van der Waals surface area contributed by atoms with Crippen LogP contribution in [0.4, 0.5) is 5.95 Å². The van der Waals surface area contributed by atoms with Crippen molar-refractivity contribution in [3.8, 4) is 11.1 Å². The fourth-order valence-corrected chi connectivity index (χ4v) is 4.44. The van der Waals surface area contributed by atoms with E-state index >= 15 is 0 Å². The minimum atomic E-state index is -0.0310. The van der Waals surface area contributed by atoms with Crippen LogP contribution in [0.5, 0.6) is 0 Å². The molecule has 7 heteroatoms. The summed E-state index contributed by atoms with van der Waals surface area (Å²) in [7, 11) is 1.90. The molecule has 0 atom stereocenters. The molecule has 5 rings (SSSR count). The van der Waals surface area contributed by atoms with Gasteiger partial charge in [0.05, 0.1) is 18.3 Å². The molecule has 2 saturated heterocycles. The van der Waals surface area contributed by atoms with Gasteiger partial charge in [-0.25, -0.2) is 9.97 Å². The molecule has 2 fully saturated rings. The van der Waals surface area contributed by atoms with Gasteiger partial charge in [0.2, 0.25) is 11.9 Å². The highest BCUT2D eigenvalue weighted by Gasteiger charge is 2.39. The van der Waals surface area contributed by atoms with Crippen LogP contribution in [0.1, 0.15) is 25.7 Å². The maximum Gasteiger partial charge on any atom is 0.240 e. The largest absolute Gasteiger partial charge is 0.293 e. The van der Waals surface area contributed by atoms with Crippen LogP contribution in [0, 0.1) is 0 Å². The molecule has 4 heterocycles. The molecule has 2 aliphatic heterocycles.